The van der Waals surface area contributed by atoms with Gasteiger partial charge in [-0.25, -0.2) is 26.6 Å². The molecule has 0 amide bonds. The molecular formula is C18H12F3N3O2S. The summed E-state index contributed by atoms with van der Waals surface area (Å²) >= 11 is 0. The number of hydrogen-bond donors (Lipinski definition) is 1. The van der Waals surface area contributed by atoms with Crippen LogP contribution in [0.2, 0.25) is 0 Å². The van der Waals surface area contributed by atoms with Gasteiger partial charge in [-0.1, -0.05) is 18.2 Å². The van der Waals surface area contributed by atoms with Gasteiger partial charge in [-0.05, 0) is 24.3 Å². The number of benzene rings is 2. The van der Waals surface area contributed by atoms with Gasteiger partial charge in [-0.2, -0.15) is 5.26 Å². The van der Waals surface area contributed by atoms with Crippen LogP contribution in [0.5, 0.6) is 0 Å². The van der Waals surface area contributed by atoms with Crippen LogP contribution < -0.4 is 0 Å². The lowest BCUT2D eigenvalue weighted by atomic mass is 10.0. The summed E-state index contributed by atoms with van der Waals surface area (Å²) in [7, 11) is -3.77. The molecule has 27 heavy (non-hydrogen) atoms. The van der Waals surface area contributed by atoms with Gasteiger partial charge in [-0.15, -0.1) is 0 Å². The van der Waals surface area contributed by atoms with Gasteiger partial charge in [0.25, 0.3) is 6.43 Å². The lowest BCUT2D eigenvalue weighted by molar-refractivity contribution is 0.141. The minimum Gasteiger partial charge on any atom is -0.337 e. The molecule has 138 valence electrons. The summed E-state index contributed by atoms with van der Waals surface area (Å²) in [4.78, 5) is 5.84. The minimum atomic E-state index is -3.77. The van der Waals surface area contributed by atoms with Crippen LogP contribution in [0.15, 0.2) is 47.4 Å². The van der Waals surface area contributed by atoms with E-state index in [1.54, 1.807) is 18.2 Å². The number of imidazole rings is 1. The molecule has 0 aliphatic rings. The third-order valence-corrected chi connectivity index (χ3v) is 4.94. The van der Waals surface area contributed by atoms with Crippen LogP contribution in [-0.2, 0) is 9.84 Å². The van der Waals surface area contributed by atoms with Crippen molar-refractivity contribution in [1.82, 2.24) is 9.97 Å². The van der Waals surface area contributed by atoms with E-state index in [0.717, 1.165) is 18.4 Å². The standard InChI is InChI=1S/C18H12F3N3O2S/c1-27(25,26)14-6-5-12(8-13(14)19)16-15(23-18(24-16)17(20)21)11-4-2-3-10(7-11)9-22/h2-8,17H,1H3,(H,23,24). The van der Waals surface area contributed by atoms with Gasteiger partial charge in [0.2, 0.25) is 0 Å². The van der Waals surface area contributed by atoms with Crippen LogP contribution in [0.4, 0.5) is 13.2 Å². The molecule has 9 heteroatoms. The molecule has 3 rings (SSSR count). The Morgan fingerprint density at radius 1 is 1.15 bits per heavy atom. The molecule has 1 N–H and O–H groups in total. The minimum absolute atomic E-state index is 0.0966. The second kappa shape index (κ2) is 6.89. The normalized spacial score (nSPS) is 11.6. The van der Waals surface area contributed by atoms with Crippen molar-refractivity contribution in [3.63, 3.8) is 0 Å². The zero-order valence-corrected chi connectivity index (χ0v) is 14.7. The topological polar surface area (TPSA) is 86.6 Å². The molecule has 0 saturated heterocycles. The SMILES string of the molecule is CS(=O)(=O)c1ccc(-c2[nH]c(C(F)F)nc2-c2cccc(C#N)c2)cc1F. The van der Waals surface area contributed by atoms with E-state index >= 15 is 0 Å². The van der Waals surface area contributed by atoms with E-state index in [0.29, 0.717) is 11.1 Å². The second-order valence-electron chi connectivity index (χ2n) is 5.76. The molecular weight excluding hydrogens is 379 g/mol. The molecule has 0 unspecified atom stereocenters. The fourth-order valence-corrected chi connectivity index (χ4v) is 3.33. The first kappa shape index (κ1) is 18.7. The van der Waals surface area contributed by atoms with Crippen molar-refractivity contribution in [2.45, 2.75) is 11.3 Å². The van der Waals surface area contributed by atoms with E-state index in [9.17, 15) is 21.6 Å². The van der Waals surface area contributed by atoms with Crippen molar-refractivity contribution in [2.24, 2.45) is 0 Å². The summed E-state index contributed by atoms with van der Waals surface area (Å²) in [5.74, 6) is -1.62. The van der Waals surface area contributed by atoms with Crippen LogP contribution in [0, 0.1) is 17.1 Å². The average Bonchev–Trinajstić information content (AvgIpc) is 3.06. The van der Waals surface area contributed by atoms with Gasteiger partial charge in [0.1, 0.15) is 10.7 Å². The first-order chi connectivity index (χ1) is 12.7. The molecule has 3 aromatic rings. The highest BCUT2D eigenvalue weighted by Gasteiger charge is 2.21. The number of hydrogen-bond acceptors (Lipinski definition) is 4. The quantitative estimate of drug-likeness (QED) is 0.726. The summed E-state index contributed by atoms with van der Waals surface area (Å²) in [6.07, 6.45) is -2.02. The number of halogens is 3. The molecule has 0 fully saturated rings. The largest absolute Gasteiger partial charge is 0.337 e. The molecule has 0 aliphatic carbocycles. The lowest BCUT2D eigenvalue weighted by Crippen LogP contribution is -2.00. The monoisotopic (exact) mass is 391 g/mol. The third-order valence-electron chi connectivity index (χ3n) is 3.81. The molecule has 0 atom stereocenters. The number of nitriles is 1. The Bertz CT molecular complexity index is 1160. The molecule has 0 bridgehead atoms. The summed E-state index contributed by atoms with van der Waals surface area (Å²) in [5, 5.41) is 9.03. The Kier molecular flexibility index (Phi) is 4.76. The van der Waals surface area contributed by atoms with Crippen molar-refractivity contribution in [1.29, 1.82) is 5.26 Å². The van der Waals surface area contributed by atoms with Gasteiger partial charge in [-0.3, -0.25) is 0 Å². The number of rotatable bonds is 4. The molecule has 0 aliphatic heterocycles. The van der Waals surface area contributed by atoms with Crippen LogP contribution >= 0.6 is 0 Å². The Morgan fingerprint density at radius 2 is 1.89 bits per heavy atom. The third kappa shape index (κ3) is 3.71. The van der Waals surface area contributed by atoms with Crippen molar-refractivity contribution < 1.29 is 21.6 Å². The summed E-state index contributed by atoms with van der Waals surface area (Å²) < 4.78 is 63.6. The molecule has 0 saturated carbocycles. The highest BCUT2D eigenvalue weighted by molar-refractivity contribution is 7.90. The number of nitrogens with zero attached hydrogens (tertiary/aromatic N) is 2. The van der Waals surface area contributed by atoms with Crippen molar-refractivity contribution in [3.8, 4) is 28.6 Å². The maximum absolute atomic E-state index is 14.2. The van der Waals surface area contributed by atoms with Crippen LogP contribution in [-0.4, -0.2) is 24.6 Å². The van der Waals surface area contributed by atoms with Gasteiger partial charge < -0.3 is 4.98 Å². The highest BCUT2D eigenvalue weighted by Crippen LogP contribution is 2.34. The molecule has 2 aromatic carbocycles. The number of aromatic nitrogens is 2. The smallest absolute Gasteiger partial charge is 0.295 e. The molecule has 1 aromatic heterocycles. The Labute approximate surface area is 153 Å². The molecule has 0 spiro atoms. The number of alkyl halides is 2. The van der Waals surface area contributed by atoms with E-state index in [1.807, 2.05) is 6.07 Å². The summed E-state index contributed by atoms with van der Waals surface area (Å²) in [6, 6.07) is 11.4. The fourth-order valence-electron chi connectivity index (χ4n) is 2.61. The van der Waals surface area contributed by atoms with Crippen LogP contribution in [0.1, 0.15) is 17.8 Å². The summed E-state index contributed by atoms with van der Waals surface area (Å²) in [5.41, 5.74) is 1.04. The number of H-pyrrole nitrogens is 1. The number of nitrogens with one attached hydrogen (secondary N) is 1. The van der Waals surface area contributed by atoms with Gasteiger partial charge >= 0.3 is 0 Å². The highest BCUT2D eigenvalue weighted by atomic mass is 32.2. The number of sulfone groups is 1. The second-order valence-corrected chi connectivity index (χ2v) is 7.74. The Morgan fingerprint density at radius 3 is 2.48 bits per heavy atom. The van der Waals surface area contributed by atoms with Crippen molar-refractivity contribution >= 4 is 9.84 Å². The van der Waals surface area contributed by atoms with E-state index < -0.39 is 32.8 Å². The Balaban J connectivity index is 2.21. The summed E-state index contributed by atoms with van der Waals surface area (Å²) in [6.45, 7) is 0. The average molecular weight is 391 g/mol. The first-order valence-corrected chi connectivity index (χ1v) is 9.48. The first-order valence-electron chi connectivity index (χ1n) is 7.59. The molecule has 5 nitrogen and oxygen atoms in total. The van der Waals surface area contributed by atoms with E-state index in [2.05, 4.69) is 9.97 Å². The maximum Gasteiger partial charge on any atom is 0.295 e. The zero-order valence-electron chi connectivity index (χ0n) is 13.9. The van der Waals surface area contributed by atoms with Gasteiger partial charge in [0, 0.05) is 17.4 Å². The molecule has 0 radical (unpaired) electrons. The van der Waals surface area contributed by atoms with Gasteiger partial charge in [0.05, 0.1) is 23.0 Å². The van der Waals surface area contributed by atoms with Crippen molar-refractivity contribution in [2.75, 3.05) is 6.26 Å². The predicted molar refractivity (Wildman–Crippen MR) is 92.2 cm³/mol. The van der Waals surface area contributed by atoms with Gasteiger partial charge in [0.15, 0.2) is 15.7 Å². The maximum atomic E-state index is 14.2. The van der Waals surface area contributed by atoms with E-state index in [1.165, 1.54) is 12.1 Å². The lowest BCUT2D eigenvalue weighted by Gasteiger charge is -2.06. The van der Waals surface area contributed by atoms with E-state index in [4.69, 9.17) is 5.26 Å². The fraction of sp³-hybridized carbons (Fsp3) is 0.111. The molecule has 1 heterocycles. The zero-order chi connectivity index (χ0) is 19.8. The van der Waals surface area contributed by atoms with Crippen LogP contribution in [0.25, 0.3) is 22.5 Å². The van der Waals surface area contributed by atoms with E-state index in [-0.39, 0.29) is 17.0 Å². The Hall–Kier alpha value is -3.12. The van der Waals surface area contributed by atoms with Crippen molar-refractivity contribution in [3.05, 3.63) is 59.7 Å². The number of aromatic amines is 1. The predicted octanol–water partition coefficient (Wildman–Crippen LogP) is 4.10. The van der Waals surface area contributed by atoms with Crippen LogP contribution in [0.3, 0.4) is 0 Å².